The van der Waals surface area contributed by atoms with Crippen molar-refractivity contribution in [2.75, 3.05) is 18.7 Å². The van der Waals surface area contributed by atoms with Crippen LogP contribution in [-0.2, 0) is 11.3 Å². The maximum atomic E-state index is 12.4. The van der Waals surface area contributed by atoms with Gasteiger partial charge in [0.1, 0.15) is 0 Å². The molecule has 0 radical (unpaired) electrons. The highest BCUT2D eigenvalue weighted by Gasteiger charge is 2.10. The molecule has 1 amide bonds. The Hall–Kier alpha value is -2.71. The van der Waals surface area contributed by atoms with Gasteiger partial charge < -0.3 is 10.1 Å². The molecule has 0 aliphatic carbocycles. The molecule has 3 rings (SSSR count). The molecule has 0 saturated carbocycles. The summed E-state index contributed by atoms with van der Waals surface area (Å²) in [6.45, 7) is 0.521. The molecule has 25 heavy (non-hydrogen) atoms. The highest BCUT2D eigenvalue weighted by molar-refractivity contribution is 7.98. The van der Waals surface area contributed by atoms with Crippen LogP contribution in [0.4, 0.5) is 5.69 Å². The second-order valence-electron chi connectivity index (χ2n) is 5.21. The normalized spacial score (nSPS) is 10.6. The molecule has 1 N–H and O–H groups in total. The van der Waals surface area contributed by atoms with E-state index in [1.807, 2.05) is 42.7 Å². The van der Waals surface area contributed by atoms with E-state index in [9.17, 15) is 4.79 Å². The van der Waals surface area contributed by atoms with Crippen molar-refractivity contribution in [1.82, 2.24) is 20.2 Å². The maximum absolute atomic E-state index is 12.4. The zero-order valence-electron chi connectivity index (χ0n) is 13.8. The number of carbonyl (C=O) groups is 1. The third-order valence-corrected chi connectivity index (χ3v) is 4.12. The van der Waals surface area contributed by atoms with Gasteiger partial charge in [0.25, 0.3) is 5.91 Å². The summed E-state index contributed by atoms with van der Waals surface area (Å²) in [7, 11) is 1.64. The molecule has 7 nitrogen and oxygen atoms in total. The summed E-state index contributed by atoms with van der Waals surface area (Å²) in [6.07, 6.45) is 1.90. The Bertz CT molecular complexity index is 863. The van der Waals surface area contributed by atoms with Gasteiger partial charge in [0.05, 0.1) is 12.3 Å². The Morgan fingerprint density at radius 2 is 2.04 bits per heavy atom. The third-order valence-electron chi connectivity index (χ3n) is 3.50. The molecule has 0 spiro atoms. The molecule has 3 aromatic rings. The predicted octanol–water partition coefficient (Wildman–Crippen LogP) is 2.78. The average Bonchev–Trinajstić information content (AvgIpc) is 3.11. The van der Waals surface area contributed by atoms with Gasteiger partial charge in [0.2, 0.25) is 5.16 Å². The number of hydrogen-bond acceptors (Lipinski definition) is 6. The topological polar surface area (TPSA) is 81.9 Å². The van der Waals surface area contributed by atoms with Crippen LogP contribution in [0.15, 0.2) is 53.7 Å². The number of anilines is 1. The summed E-state index contributed by atoms with van der Waals surface area (Å²) in [5, 5.41) is 15.2. The minimum Gasteiger partial charge on any atom is -0.380 e. The van der Waals surface area contributed by atoms with Crippen LogP contribution in [0.2, 0.25) is 0 Å². The minimum atomic E-state index is -0.178. The average molecular weight is 355 g/mol. The van der Waals surface area contributed by atoms with E-state index < -0.39 is 0 Å². The minimum absolute atomic E-state index is 0.178. The number of nitrogens with zero attached hydrogens (tertiary/aromatic N) is 4. The van der Waals surface area contributed by atoms with Gasteiger partial charge in [-0.15, -0.1) is 5.10 Å². The molecule has 2 aromatic carbocycles. The van der Waals surface area contributed by atoms with Crippen LogP contribution >= 0.6 is 11.8 Å². The first-order valence-corrected chi connectivity index (χ1v) is 8.76. The van der Waals surface area contributed by atoms with Crippen molar-refractivity contribution in [2.24, 2.45) is 0 Å². The number of aromatic nitrogens is 4. The number of carbonyl (C=O) groups excluding carboxylic acids is 1. The van der Waals surface area contributed by atoms with Crippen molar-refractivity contribution < 1.29 is 9.53 Å². The molecule has 0 saturated heterocycles. The van der Waals surface area contributed by atoms with E-state index in [2.05, 4.69) is 20.8 Å². The number of rotatable bonds is 6. The van der Waals surface area contributed by atoms with Gasteiger partial charge in [0.15, 0.2) is 0 Å². The molecule has 8 heteroatoms. The maximum Gasteiger partial charge on any atom is 0.255 e. The van der Waals surface area contributed by atoms with E-state index in [1.165, 1.54) is 11.8 Å². The number of tetrazole rings is 1. The lowest BCUT2D eigenvalue weighted by Gasteiger charge is -2.08. The fourth-order valence-corrected chi connectivity index (χ4v) is 2.74. The molecule has 0 bridgehead atoms. The molecule has 0 fully saturated rings. The van der Waals surface area contributed by atoms with Gasteiger partial charge in [0, 0.05) is 18.4 Å². The quantitative estimate of drug-likeness (QED) is 0.685. The second kappa shape index (κ2) is 7.91. The Balaban J connectivity index is 1.76. The van der Waals surface area contributed by atoms with Crippen LogP contribution < -0.4 is 5.32 Å². The number of methoxy groups -OCH3 is 1. The van der Waals surface area contributed by atoms with E-state index in [-0.39, 0.29) is 5.91 Å². The zero-order valence-corrected chi connectivity index (χ0v) is 14.7. The lowest BCUT2D eigenvalue weighted by atomic mass is 10.1. The summed E-state index contributed by atoms with van der Waals surface area (Å²) in [6, 6.07) is 14.7. The highest BCUT2D eigenvalue weighted by atomic mass is 32.2. The lowest BCUT2D eigenvalue weighted by Crippen LogP contribution is -2.12. The summed E-state index contributed by atoms with van der Waals surface area (Å²) < 4.78 is 6.70. The van der Waals surface area contributed by atoms with Crippen molar-refractivity contribution in [3.8, 4) is 5.69 Å². The summed E-state index contributed by atoms with van der Waals surface area (Å²) in [5.74, 6) is -0.178. The number of benzene rings is 2. The highest BCUT2D eigenvalue weighted by Crippen LogP contribution is 2.19. The van der Waals surface area contributed by atoms with Crippen molar-refractivity contribution in [2.45, 2.75) is 11.8 Å². The van der Waals surface area contributed by atoms with Gasteiger partial charge in [-0.3, -0.25) is 4.79 Å². The van der Waals surface area contributed by atoms with Gasteiger partial charge in [-0.05, 0) is 52.6 Å². The first-order chi connectivity index (χ1) is 12.2. The van der Waals surface area contributed by atoms with E-state index >= 15 is 0 Å². The lowest BCUT2D eigenvalue weighted by molar-refractivity contribution is 0.102. The van der Waals surface area contributed by atoms with Gasteiger partial charge >= 0.3 is 0 Å². The van der Waals surface area contributed by atoms with Crippen LogP contribution in [0, 0.1) is 0 Å². The van der Waals surface area contributed by atoms with Crippen LogP contribution in [0.5, 0.6) is 0 Å². The zero-order chi connectivity index (χ0) is 17.6. The molecule has 0 atom stereocenters. The van der Waals surface area contributed by atoms with E-state index in [0.717, 1.165) is 11.3 Å². The van der Waals surface area contributed by atoms with E-state index in [4.69, 9.17) is 4.74 Å². The third kappa shape index (κ3) is 4.04. The number of thioether (sulfide) groups is 1. The number of amides is 1. The van der Waals surface area contributed by atoms with Crippen molar-refractivity contribution in [3.63, 3.8) is 0 Å². The van der Waals surface area contributed by atoms with Crippen molar-refractivity contribution >= 4 is 23.4 Å². The molecular weight excluding hydrogens is 338 g/mol. The van der Waals surface area contributed by atoms with E-state index in [0.29, 0.717) is 23.0 Å². The number of ether oxygens (including phenoxy) is 1. The summed E-state index contributed by atoms with van der Waals surface area (Å²) >= 11 is 1.45. The van der Waals surface area contributed by atoms with E-state index in [1.54, 1.807) is 23.9 Å². The molecule has 0 aliphatic heterocycles. The fraction of sp³-hybridized carbons (Fsp3) is 0.176. The smallest absolute Gasteiger partial charge is 0.255 e. The molecule has 128 valence electrons. The van der Waals surface area contributed by atoms with Crippen LogP contribution in [-0.4, -0.2) is 39.5 Å². The monoisotopic (exact) mass is 355 g/mol. The molecule has 0 aliphatic rings. The SMILES string of the molecule is COCc1ccc(C(=O)Nc2cccc(-n3nnnc3SC)c2)cc1. The largest absolute Gasteiger partial charge is 0.380 e. The van der Waals surface area contributed by atoms with Gasteiger partial charge in [-0.2, -0.15) is 4.68 Å². The molecule has 1 aromatic heterocycles. The van der Waals surface area contributed by atoms with Crippen LogP contribution in [0.25, 0.3) is 5.69 Å². The Kier molecular flexibility index (Phi) is 5.42. The number of hydrogen-bond donors (Lipinski definition) is 1. The summed E-state index contributed by atoms with van der Waals surface area (Å²) in [5.41, 5.74) is 3.05. The molecule has 0 unspecified atom stereocenters. The van der Waals surface area contributed by atoms with Crippen molar-refractivity contribution in [3.05, 3.63) is 59.7 Å². The first kappa shape index (κ1) is 17.1. The van der Waals surface area contributed by atoms with Gasteiger partial charge in [-0.1, -0.05) is 30.0 Å². The first-order valence-electron chi connectivity index (χ1n) is 7.53. The Morgan fingerprint density at radius 1 is 1.24 bits per heavy atom. The summed E-state index contributed by atoms with van der Waals surface area (Å²) in [4.78, 5) is 12.4. The number of nitrogens with one attached hydrogen (secondary N) is 1. The second-order valence-corrected chi connectivity index (χ2v) is 5.99. The predicted molar refractivity (Wildman–Crippen MR) is 96.0 cm³/mol. The van der Waals surface area contributed by atoms with Gasteiger partial charge in [-0.25, -0.2) is 0 Å². The van der Waals surface area contributed by atoms with Crippen LogP contribution in [0.3, 0.4) is 0 Å². The standard InChI is InChI=1S/C17H17N5O2S/c1-24-11-12-6-8-13(9-7-12)16(23)18-14-4-3-5-15(10-14)22-17(25-2)19-20-21-22/h3-10H,11H2,1-2H3,(H,18,23). The molecular formula is C17H17N5O2S. The Morgan fingerprint density at radius 3 is 2.76 bits per heavy atom. The molecule has 1 heterocycles. The fourth-order valence-electron chi connectivity index (χ4n) is 2.31. The van der Waals surface area contributed by atoms with Crippen molar-refractivity contribution in [1.29, 1.82) is 0 Å². The Labute approximate surface area is 149 Å². The van der Waals surface area contributed by atoms with Crippen LogP contribution in [0.1, 0.15) is 15.9 Å².